The molecule has 180 valence electrons. The average molecular weight is 459 g/mol. The van der Waals surface area contributed by atoms with Crippen LogP contribution in [0, 0.1) is 11.8 Å². The zero-order valence-electron chi connectivity index (χ0n) is 19.8. The van der Waals surface area contributed by atoms with Crippen LogP contribution < -0.4 is 9.47 Å². The van der Waals surface area contributed by atoms with Crippen LogP contribution >= 0.6 is 0 Å². The lowest BCUT2D eigenvalue weighted by Crippen LogP contribution is -2.49. The van der Waals surface area contributed by atoms with Crippen LogP contribution in [0.4, 0.5) is 4.79 Å². The van der Waals surface area contributed by atoms with E-state index in [0.717, 1.165) is 12.8 Å². The molecule has 3 heterocycles. The predicted octanol–water partition coefficient (Wildman–Crippen LogP) is 3.53. The Morgan fingerprint density at radius 2 is 1.61 bits per heavy atom. The zero-order chi connectivity index (χ0) is 23.6. The van der Waals surface area contributed by atoms with Crippen LogP contribution in [0.2, 0.25) is 0 Å². The SMILES string of the molecule is CC(C)(C)OC(=O)N1CCCC(C(=O)N2CCC(C(=O)c3ccc4c(c3)OCCO4)CC2)C1. The molecule has 8 heteroatoms. The van der Waals surface area contributed by atoms with Crippen LogP contribution in [0.5, 0.6) is 11.5 Å². The van der Waals surface area contributed by atoms with Crippen LogP contribution in [0.1, 0.15) is 56.8 Å². The molecule has 8 nitrogen and oxygen atoms in total. The largest absolute Gasteiger partial charge is 0.486 e. The monoisotopic (exact) mass is 458 g/mol. The maximum absolute atomic E-state index is 13.1. The van der Waals surface area contributed by atoms with Gasteiger partial charge in [0.05, 0.1) is 5.92 Å². The van der Waals surface area contributed by atoms with Gasteiger partial charge in [0.2, 0.25) is 5.91 Å². The number of Topliss-reactive ketones (excluding diaryl/α,β-unsaturated/α-hetero) is 1. The van der Waals surface area contributed by atoms with Crippen molar-refractivity contribution in [3.05, 3.63) is 23.8 Å². The Balaban J connectivity index is 1.30. The Morgan fingerprint density at radius 3 is 2.30 bits per heavy atom. The molecule has 3 aliphatic rings. The van der Waals surface area contributed by atoms with E-state index in [9.17, 15) is 14.4 Å². The number of fused-ring (bicyclic) bond motifs is 1. The van der Waals surface area contributed by atoms with Crippen LogP contribution in [0.15, 0.2) is 18.2 Å². The van der Waals surface area contributed by atoms with E-state index in [2.05, 4.69) is 0 Å². The lowest BCUT2D eigenvalue weighted by Gasteiger charge is -2.38. The summed E-state index contributed by atoms with van der Waals surface area (Å²) in [5.41, 5.74) is 0.0731. The molecule has 1 aromatic carbocycles. The van der Waals surface area contributed by atoms with E-state index < -0.39 is 5.60 Å². The normalized spacial score (nSPS) is 21.5. The standard InChI is InChI=1S/C25H34N2O6/c1-25(2,3)33-24(30)27-10-4-5-19(16-27)23(29)26-11-8-17(9-12-26)22(28)18-6-7-20-21(15-18)32-14-13-31-20/h6-7,15,17,19H,4-5,8-14,16H2,1-3H3. The van der Waals surface area contributed by atoms with Crippen molar-refractivity contribution in [3.63, 3.8) is 0 Å². The lowest BCUT2D eigenvalue weighted by atomic mass is 9.87. The Labute approximate surface area is 195 Å². The summed E-state index contributed by atoms with van der Waals surface area (Å²) in [6.07, 6.45) is 2.48. The molecule has 0 aliphatic carbocycles. The van der Waals surface area contributed by atoms with Crippen molar-refractivity contribution in [2.75, 3.05) is 39.4 Å². The second-order valence-corrected chi connectivity index (χ2v) is 10.1. The van der Waals surface area contributed by atoms with Gasteiger partial charge >= 0.3 is 6.09 Å². The molecule has 4 rings (SSSR count). The summed E-state index contributed by atoms with van der Waals surface area (Å²) in [5, 5.41) is 0. The maximum atomic E-state index is 13.1. The predicted molar refractivity (Wildman–Crippen MR) is 122 cm³/mol. The molecule has 0 spiro atoms. The number of carbonyl (C=O) groups is 3. The van der Waals surface area contributed by atoms with Crippen molar-refractivity contribution in [2.45, 2.75) is 52.1 Å². The molecule has 0 aromatic heterocycles. The highest BCUT2D eigenvalue weighted by Crippen LogP contribution is 2.33. The second-order valence-electron chi connectivity index (χ2n) is 10.1. The molecule has 0 bridgehead atoms. The van der Waals surface area contributed by atoms with Gasteiger partial charge in [0, 0.05) is 37.7 Å². The first-order chi connectivity index (χ1) is 15.7. The molecular formula is C25H34N2O6. The van der Waals surface area contributed by atoms with Gasteiger partial charge in [0.25, 0.3) is 0 Å². The molecule has 0 saturated carbocycles. The summed E-state index contributed by atoms with van der Waals surface area (Å²) >= 11 is 0. The molecule has 0 N–H and O–H groups in total. The van der Waals surface area contributed by atoms with E-state index in [0.29, 0.717) is 69.3 Å². The third-order valence-electron chi connectivity index (χ3n) is 6.43. The van der Waals surface area contributed by atoms with E-state index in [1.54, 1.807) is 23.1 Å². The van der Waals surface area contributed by atoms with Gasteiger partial charge in [-0.1, -0.05) is 0 Å². The summed E-state index contributed by atoms with van der Waals surface area (Å²) in [6, 6.07) is 5.35. The Morgan fingerprint density at radius 1 is 0.909 bits per heavy atom. The molecule has 2 saturated heterocycles. The van der Waals surface area contributed by atoms with Crippen LogP contribution in [0.25, 0.3) is 0 Å². The van der Waals surface area contributed by atoms with E-state index in [-0.39, 0.29) is 29.6 Å². The van der Waals surface area contributed by atoms with Crippen LogP contribution in [0.3, 0.4) is 0 Å². The summed E-state index contributed by atoms with van der Waals surface area (Å²) in [6.45, 7) is 8.65. The number of ether oxygens (including phenoxy) is 3. The number of nitrogens with zero attached hydrogens (tertiary/aromatic N) is 2. The molecular weight excluding hydrogens is 424 g/mol. The third kappa shape index (κ3) is 5.60. The van der Waals surface area contributed by atoms with Gasteiger partial charge in [-0.25, -0.2) is 4.79 Å². The number of amides is 2. The van der Waals surface area contributed by atoms with E-state index in [1.807, 2.05) is 25.7 Å². The molecule has 1 unspecified atom stereocenters. The van der Waals surface area contributed by atoms with E-state index in [4.69, 9.17) is 14.2 Å². The fourth-order valence-electron chi connectivity index (χ4n) is 4.72. The van der Waals surface area contributed by atoms with Crippen molar-refractivity contribution >= 4 is 17.8 Å². The van der Waals surface area contributed by atoms with Crippen molar-refractivity contribution < 1.29 is 28.6 Å². The van der Waals surface area contributed by atoms with Crippen molar-refractivity contribution in [1.82, 2.24) is 9.80 Å². The topological polar surface area (TPSA) is 85.4 Å². The Bertz CT molecular complexity index is 901. The average Bonchev–Trinajstić information content (AvgIpc) is 2.82. The van der Waals surface area contributed by atoms with Gasteiger partial charge in [-0.2, -0.15) is 0 Å². The number of rotatable bonds is 3. The summed E-state index contributed by atoms with van der Waals surface area (Å²) < 4.78 is 16.6. The number of hydrogen-bond donors (Lipinski definition) is 0. The molecule has 1 atom stereocenters. The second kappa shape index (κ2) is 9.61. The Kier molecular flexibility index (Phi) is 6.81. The third-order valence-corrected chi connectivity index (χ3v) is 6.43. The van der Waals surface area contributed by atoms with Crippen LogP contribution in [-0.4, -0.2) is 72.6 Å². The summed E-state index contributed by atoms with van der Waals surface area (Å²) in [4.78, 5) is 42.1. The summed E-state index contributed by atoms with van der Waals surface area (Å²) in [7, 11) is 0. The van der Waals surface area contributed by atoms with Gasteiger partial charge in [-0.3, -0.25) is 9.59 Å². The molecule has 0 radical (unpaired) electrons. The van der Waals surface area contributed by atoms with Crippen molar-refractivity contribution in [2.24, 2.45) is 11.8 Å². The quantitative estimate of drug-likeness (QED) is 0.645. The van der Waals surface area contributed by atoms with Gasteiger partial charge < -0.3 is 24.0 Å². The minimum absolute atomic E-state index is 0.0773. The fraction of sp³-hybridized carbons (Fsp3) is 0.640. The lowest BCUT2D eigenvalue weighted by molar-refractivity contribution is -0.138. The molecule has 2 amide bonds. The first kappa shape index (κ1) is 23.4. The first-order valence-corrected chi connectivity index (χ1v) is 11.9. The minimum Gasteiger partial charge on any atom is -0.486 e. The number of carbonyl (C=O) groups excluding carboxylic acids is 3. The number of hydrogen-bond acceptors (Lipinski definition) is 6. The fourth-order valence-corrected chi connectivity index (χ4v) is 4.72. The van der Waals surface area contributed by atoms with Gasteiger partial charge in [0.1, 0.15) is 18.8 Å². The zero-order valence-corrected chi connectivity index (χ0v) is 19.8. The maximum Gasteiger partial charge on any atom is 0.410 e. The van der Waals surface area contributed by atoms with Gasteiger partial charge in [-0.15, -0.1) is 0 Å². The molecule has 3 aliphatic heterocycles. The van der Waals surface area contributed by atoms with E-state index in [1.165, 1.54) is 0 Å². The Hall–Kier alpha value is -2.77. The number of piperidine rings is 2. The first-order valence-electron chi connectivity index (χ1n) is 11.9. The minimum atomic E-state index is -0.556. The van der Waals surface area contributed by atoms with E-state index >= 15 is 0 Å². The molecule has 33 heavy (non-hydrogen) atoms. The summed E-state index contributed by atoms with van der Waals surface area (Å²) in [5.74, 6) is 1.14. The van der Waals surface area contributed by atoms with Crippen molar-refractivity contribution in [1.29, 1.82) is 0 Å². The highest BCUT2D eigenvalue weighted by Gasteiger charge is 2.35. The van der Waals surface area contributed by atoms with Crippen molar-refractivity contribution in [3.8, 4) is 11.5 Å². The molecule has 1 aromatic rings. The van der Waals surface area contributed by atoms with Gasteiger partial charge in [-0.05, 0) is 64.7 Å². The number of likely N-dealkylation sites (tertiary alicyclic amines) is 2. The van der Waals surface area contributed by atoms with Crippen LogP contribution in [-0.2, 0) is 9.53 Å². The number of ketones is 1. The molecule has 2 fully saturated rings. The highest BCUT2D eigenvalue weighted by atomic mass is 16.6. The smallest absolute Gasteiger partial charge is 0.410 e. The number of benzene rings is 1. The van der Waals surface area contributed by atoms with Gasteiger partial charge in [0.15, 0.2) is 17.3 Å². The highest BCUT2D eigenvalue weighted by molar-refractivity contribution is 5.98.